The van der Waals surface area contributed by atoms with Crippen LogP contribution in [0, 0.1) is 9.49 Å². The van der Waals surface area contributed by atoms with Gasteiger partial charge >= 0.3 is 0 Å². The lowest BCUT2D eigenvalue weighted by Crippen LogP contribution is -2.53. The van der Waals surface area contributed by atoms with Crippen molar-refractivity contribution in [3.63, 3.8) is 0 Å². The highest BCUT2D eigenvalue weighted by atomic mass is 127. The summed E-state index contributed by atoms with van der Waals surface area (Å²) in [5, 5.41) is 3.00. The molecular weight excluding hydrogens is 451 g/mol. The summed E-state index contributed by atoms with van der Waals surface area (Å²) < 4.78 is 0.870. The SMILES string of the molecule is CCCCNC(=O)C(C(C)C)N(C(=O)c1ccccc1I)c1ccccc1. The van der Waals surface area contributed by atoms with E-state index in [0.717, 1.165) is 22.1 Å². The number of carbonyl (C=O) groups is 2. The molecule has 0 spiro atoms. The lowest BCUT2D eigenvalue weighted by atomic mass is 9.99. The second-order valence-electron chi connectivity index (χ2n) is 6.82. The maximum absolute atomic E-state index is 13.5. The fraction of sp³-hybridized carbons (Fsp3) is 0.364. The van der Waals surface area contributed by atoms with Crippen LogP contribution in [0.5, 0.6) is 0 Å². The zero-order valence-corrected chi connectivity index (χ0v) is 18.3. The average Bonchev–Trinajstić information content (AvgIpc) is 2.66. The van der Waals surface area contributed by atoms with Gasteiger partial charge in [-0.2, -0.15) is 0 Å². The van der Waals surface area contributed by atoms with Gasteiger partial charge in [-0.15, -0.1) is 0 Å². The quantitative estimate of drug-likeness (QED) is 0.435. The first-order valence-corrected chi connectivity index (χ1v) is 10.5. The Morgan fingerprint density at radius 1 is 1.04 bits per heavy atom. The number of para-hydroxylation sites is 1. The number of hydrogen-bond acceptors (Lipinski definition) is 2. The second kappa shape index (κ2) is 10.4. The maximum atomic E-state index is 13.5. The molecule has 2 aromatic rings. The second-order valence-corrected chi connectivity index (χ2v) is 7.99. The molecule has 0 fully saturated rings. The van der Waals surface area contributed by atoms with Gasteiger partial charge in [-0.25, -0.2) is 0 Å². The molecule has 4 nitrogen and oxygen atoms in total. The van der Waals surface area contributed by atoms with Crippen molar-refractivity contribution in [3.8, 4) is 0 Å². The highest BCUT2D eigenvalue weighted by Gasteiger charge is 2.34. The molecule has 0 aromatic heterocycles. The summed E-state index contributed by atoms with van der Waals surface area (Å²) in [4.78, 5) is 28.1. The van der Waals surface area contributed by atoms with Crippen molar-refractivity contribution in [1.82, 2.24) is 5.32 Å². The molecule has 0 bridgehead atoms. The minimum absolute atomic E-state index is 0.0304. The molecule has 27 heavy (non-hydrogen) atoms. The molecule has 0 saturated heterocycles. The van der Waals surface area contributed by atoms with Crippen LogP contribution < -0.4 is 10.2 Å². The molecule has 1 unspecified atom stereocenters. The van der Waals surface area contributed by atoms with Gasteiger partial charge in [0.2, 0.25) is 5.91 Å². The summed E-state index contributed by atoms with van der Waals surface area (Å²) in [7, 11) is 0. The molecule has 0 aliphatic rings. The van der Waals surface area contributed by atoms with E-state index < -0.39 is 6.04 Å². The summed E-state index contributed by atoms with van der Waals surface area (Å²) in [6.07, 6.45) is 1.93. The summed E-state index contributed by atoms with van der Waals surface area (Å²) >= 11 is 2.17. The zero-order valence-electron chi connectivity index (χ0n) is 16.1. The monoisotopic (exact) mass is 478 g/mol. The van der Waals surface area contributed by atoms with Gasteiger partial charge in [0.05, 0.1) is 5.56 Å². The number of halogens is 1. The molecule has 144 valence electrons. The third-order valence-corrected chi connectivity index (χ3v) is 5.31. The van der Waals surface area contributed by atoms with Gasteiger partial charge in [-0.05, 0) is 59.2 Å². The van der Waals surface area contributed by atoms with E-state index in [-0.39, 0.29) is 17.7 Å². The Kier molecular flexibility index (Phi) is 8.28. The van der Waals surface area contributed by atoms with Crippen LogP contribution in [0.1, 0.15) is 44.0 Å². The van der Waals surface area contributed by atoms with E-state index in [0.29, 0.717) is 12.1 Å². The number of anilines is 1. The number of nitrogens with zero attached hydrogens (tertiary/aromatic N) is 1. The minimum Gasteiger partial charge on any atom is -0.354 e. The number of unbranched alkanes of at least 4 members (excludes halogenated alkanes) is 1. The van der Waals surface area contributed by atoms with Crippen molar-refractivity contribution in [1.29, 1.82) is 0 Å². The van der Waals surface area contributed by atoms with E-state index in [1.54, 1.807) is 4.90 Å². The highest BCUT2D eigenvalue weighted by Crippen LogP contribution is 2.25. The Morgan fingerprint density at radius 2 is 1.67 bits per heavy atom. The fourth-order valence-corrected chi connectivity index (χ4v) is 3.59. The molecule has 2 rings (SSSR count). The number of benzene rings is 2. The molecule has 0 heterocycles. The first-order chi connectivity index (χ1) is 13.0. The first kappa shape index (κ1) is 21.4. The topological polar surface area (TPSA) is 49.4 Å². The van der Waals surface area contributed by atoms with Gasteiger partial charge in [0.15, 0.2) is 0 Å². The van der Waals surface area contributed by atoms with E-state index in [9.17, 15) is 9.59 Å². The van der Waals surface area contributed by atoms with Gasteiger partial charge in [0.25, 0.3) is 5.91 Å². The minimum atomic E-state index is -0.576. The van der Waals surface area contributed by atoms with Gasteiger partial charge in [-0.3, -0.25) is 14.5 Å². The predicted octanol–water partition coefficient (Wildman–Crippen LogP) is 4.88. The third kappa shape index (κ3) is 5.54. The molecule has 2 amide bonds. The Labute approximate surface area is 175 Å². The molecule has 1 N–H and O–H groups in total. The van der Waals surface area contributed by atoms with Crippen LogP contribution in [-0.2, 0) is 4.79 Å². The van der Waals surface area contributed by atoms with E-state index in [4.69, 9.17) is 0 Å². The van der Waals surface area contributed by atoms with Gasteiger partial charge in [-0.1, -0.05) is 57.5 Å². The Morgan fingerprint density at radius 3 is 2.26 bits per heavy atom. The molecule has 2 aromatic carbocycles. The molecule has 5 heteroatoms. The van der Waals surface area contributed by atoms with Gasteiger partial charge in [0, 0.05) is 15.8 Å². The van der Waals surface area contributed by atoms with Gasteiger partial charge in [0.1, 0.15) is 6.04 Å². The van der Waals surface area contributed by atoms with Crippen molar-refractivity contribution in [2.45, 2.75) is 39.7 Å². The number of nitrogens with one attached hydrogen (secondary N) is 1. The number of amides is 2. The van der Waals surface area contributed by atoms with Crippen molar-refractivity contribution in [2.75, 3.05) is 11.4 Å². The summed E-state index contributed by atoms with van der Waals surface area (Å²) in [5.74, 6) is -0.297. The summed E-state index contributed by atoms with van der Waals surface area (Å²) in [5.41, 5.74) is 1.33. The van der Waals surface area contributed by atoms with E-state index >= 15 is 0 Å². The largest absolute Gasteiger partial charge is 0.354 e. The fourth-order valence-electron chi connectivity index (χ4n) is 2.97. The summed E-state index contributed by atoms with van der Waals surface area (Å²) in [6, 6.07) is 16.3. The van der Waals surface area contributed by atoms with E-state index in [1.165, 1.54) is 0 Å². The van der Waals surface area contributed by atoms with Crippen LogP contribution in [-0.4, -0.2) is 24.4 Å². The lowest BCUT2D eigenvalue weighted by molar-refractivity contribution is -0.123. The van der Waals surface area contributed by atoms with Crippen LogP contribution in [0.4, 0.5) is 5.69 Å². The van der Waals surface area contributed by atoms with Crippen molar-refractivity contribution in [3.05, 3.63) is 63.7 Å². The Balaban J connectivity index is 2.45. The lowest BCUT2D eigenvalue weighted by Gasteiger charge is -2.34. The van der Waals surface area contributed by atoms with Crippen LogP contribution in [0.15, 0.2) is 54.6 Å². The molecule has 0 aliphatic heterocycles. The maximum Gasteiger partial charge on any atom is 0.260 e. The van der Waals surface area contributed by atoms with Crippen LogP contribution in [0.3, 0.4) is 0 Å². The van der Waals surface area contributed by atoms with Crippen LogP contribution in [0.2, 0.25) is 0 Å². The third-order valence-electron chi connectivity index (χ3n) is 4.37. The highest BCUT2D eigenvalue weighted by molar-refractivity contribution is 14.1. The molecule has 0 aliphatic carbocycles. The van der Waals surface area contributed by atoms with E-state index in [2.05, 4.69) is 34.8 Å². The smallest absolute Gasteiger partial charge is 0.260 e. The van der Waals surface area contributed by atoms with E-state index in [1.807, 2.05) is 68.4 Å². The van der Waals surface area contributed by atoms with Crippen molar-refractivity contribution >= 4 is 40.1 Å². The van der Waals surface area contributed by atoms with Crippen LogP contribution >= 0.6 is 22.6 Å². The van der Waals surface area contributed by atoms with Crippen LogP contribution in [0.25, 0.3) is 0 Å². The number of rotatable bonds is 8. The van der Waals surface area contributed by atoms with Gasteiger partial charge < -0.3 is 5.32 Å². The Hall–Kier alpha value is -1.89. The molecule has 1 atom stereocenters. The molecular formula is C22H27IN2O2. The first-order valence-electron chi connectivity index (χ1n) is 9.38. The molecule has 0 radical (unpaired) electrons. The van der Waals surface area contributed by atoms with Crippen molar-refractivity contribution in [2.24, 2.45) is 5.92 Å². The summed E-state index contributed by atoms with van der Waals surface area (Å²) in [6.45, 7) is 6.66. The zero-order chi connectivity index (χ0) is 19.8. The predicted molar refractivity (Wildman–Crippen MR) is 119 cm³/mol. The normalized spacial score (nSPS) is 11.9. The Bertz CT molecular complexity index is 762. The standard InChI is InChI=1S/C22H27IN2O2/c1-4-5-15-24-21(26)20(16(2)3)25(17-11-7-6-8-12-17)22(27)18-13-9-10-14-19(18)23/h6-14,16,20H,4-5,15H2,1-3H3,(H,24,26). The number of carbonyl (C=O) groups excluding carboxylic acids is 2. The molecule has 0 saturated carbocycles. The number of hydrogen-bond donors (Lipinski definition) is 1. The average molecular weight is 478 g/mol. The van der Waals surface area contributed by atoms with Crippen molar-refractivity contribution < 1.29 is 9.59 Å².